The van der Waals surface area contributed by atoms with Gasteiger partial charge < -0.3 is 14.5 Å². The van der Waals surface area contributed by atoms with E-state index in [0.29, 0.717) is 19.1 Å². The van der Waals surface area contributed by atoms with Gasteiger partial charge in [0.1, 0.15) is 19.0 Å². The number of imidazole rings is 1. The Hall–Kier alpha value is -3.32. The number of hydrogen-bond acceptors (Lipinski definition) is 5. The van der Waals surface area contributed by atoms with Gasteiger partial charge in [0.25, 0.3) is 0 Å². The summed E-state index contributed by atoms with van der Waals surface area (Å²) in [6, 6.07) is 14.4. The second-order valence-electron chi connectivity index (χ2n) is 8.72. The van der Waals surface area contributed by atoms with Crippen molar-refractivity contribution in [2.45, 2.75) is 25.3 Å². The standard InChI is InChI=1S/C25H27N5O2/c1-29-15-19(24(28-29)18-6-7-22-23(14-18)32-13-12-31-22)16-30-10-8-17(9-11-30)25-26-20-4-2-3-5-21(20)27-25/h2-7,14-15,17H,8-13,16H2,1H3,(H,26,27). The Balaban J connectivity index is 1.16. The smallest absolute Gasteiger partial charge is 0.162 e. The van der Waals surface area contributed by atoms with E-state index in [2.05, 4.69) is 40.3 Å². The summed E-state index contributed by atoms with van der Waals surface area (Å²) >= 11 is 0. The van der Waals surface area contributed by atoms with E-state index >= 15 is 0 Å². The maximum Gasteiger partial charge on any atom is 0.162 e. The van der Waals surface area contributed by atoms with E-state index in [0.717, 1.165) is 72.1 Å². The van der Waals surface area contributed by atoms with Gasteiger partial charge in [-0.1, -0.05) is 12.1 Å². The van der Waals surface area contributed by atoms with Gasteiger partial charge in [0.15, 0.2) is 11.5 Å². The first-order valence-electron chi connectivity index (χ1n) is 11.3. The molecule has 1 N–H and O–H groups in total. The molecule has 6 rings (SSSR count). The molecule has 4 heterocycles. The lowest BCUT2D eigenvalue weighted by Crippen LogP contribution is -2.32. The number of benzene rings is 2. The van der Waals surface area contributed by atoms with Crippen LogP contribution in [0.2, 0.25) is 0 Å². The van der Waals surface area contributed by atoms with Crippen LogP contribution in [0.1, 0.15) is 30.1 Å². The van der Waals surface area contributed by atoms with Crippen LogP contribution in [0.4, 0.5) is 0 Å². The van der Waals surface area contributed by atoms with E-state index in [1.54, 1.807) is 0 Å². The van der Waals surface area contributed by atoms with Gasteiger partial charge in [-0.2, -0.15) is 5.10 Å². The number of aromatic amines is 1. The second-order valence-corrected chi connectivity index (χ2v) is 8.72. The number of aryl methyl sites for hydroxylation is 1. The van der Waals surface area contributed by atoms with E-state index in [4.69, 9.17) is 19.6 Å². The molecule has 1 saturated heterocycles. The lowest BCUT2D eigenvalue weighted by Gasteiger charge is -2.31. The van der Waals surface area contributed by atoms with Gasteiger partial charge in [0.05, 0.1) is 16.7 Å². The highest BCUT2D eigenvalue weighted by atomic mass is 16.6. The third kappa shape index (κ3) is 3.62. The van der Waals surface area contributed by atoms with Crippen LogP contribution >= 0.6 is 0 Å². The van der Waals surface area contributed by atoms with Crippen molar-refractivity contribution >= 4 is 11.0 Å². The average Bonchev–Trinajstić information content (AvgIpc) is 3.42. The first kappa shape index (κ1) is 19.4. The molecule has 4 aromatic rings. The molecule has 0 radical (unpaired) electrons. The molecule has 2 aromatic heterocycles. The maximum atomic E-state index is 5.78. The fraction of sp³-hybridized carbons (Fsp3) is 0.360. The summed E-state index contributed by atoms with van der Waals surface area (Å²) in [6.07, 6.45) is 4.36. The summed E-state index contributed by atoms with van der Waals surface area (Å²) < 4.78 is 13.4. The molecule has 164 valence electrons. The van der Waals surface area contributed by atoms with Crippen LogP contribution in [0.15, 0.2) is 48.7 Å². The zero-order valence-corrected chi connectivity index (χ0v) is 18.3. The third-order valence-corrected chi connectivity index (χ3v) is 6.50. The van der Waals surface area contributed by atoms with E-state index in [9.17, 15) is 0 Å². The summed E-state index contributed by atoms with van der Waals surface area (Å²) in [4.78, 5) is 10.9. The predicted molar refractivity (Wildman–Crippen MR) is 123 cm³/mol. The van der Waals surface area contributed by atoms with Crippen molar-refractivity contribution < 1.29 is 9.47 Å². The first-order valence-corrected chi connectivity index (χ1v) is 11.3. The Morgan fingerprint density at radius 1 is 1.03 bits per heavy atom. The minimum absolute atomic E-state index is 0.491. The molecular weight excluding hydrogens is 402 g/mol. The number of piperidine rings is 1. The van der Waals surface area contributed by atoms with Crippen LogP contribution in [-0.2, 0) is 13.6 Å². The van der Waals surface area contributed by atoms with Crippen molar-refractivity contribution in [2.75, 3.05) is 26.3 Å². The fourth-order valence-electron chi connectivity index (χ4n) is 4.86. The Morgan fingerprint density at radius 2 is 1.84 bits per heavy atom. The zero-order chi connectivity index (χ0) is 21.5. The SMILES string of the molecule is Cn1cc(CN2CCC(c3nc4ccccc4[nH]3)CC2)c(-c2ccc3c(c2)OCCO3)n1. The molecule has 7 nitrogen and oxygen atoms in total. The minimum Gasteiger partial charge on any atom is -0.486 e. The number of nitrogens with zero attached hydrogens (tertiary/aromatic N) is 4. The monoisotopic (exact) mass is 429 g/mol. The van der Waals surface area contributed by atoms with Gasteiger partial charge in [0.2, 0.25) is 0 Å². The van der Waals surface area contributed by atoms with Crippen LogP contribution in [-0.4, -0.2) is 51.0 Å². The van der Waals surface area contributed by atoms with E-state index in [1.165, 1.54) is 5.56 Å². The lowest BCUT2D eigenvalue weighted by molar-refractivity contribution is 0.171. The summed E-state index contributed by atoms with van der Waals surface area (Å²) in [5, 5.41) is 4.76. The molecule has 2 aliphatic rings. The number of rotatable bonds is 4. The molecule has 32 heavy (non-hydrogen) atoms. The molecule has 0 bridgehead atoms. The second kappa shape index (κ2) is 7.98. The number of hydrogen-bond donors (Lipinski definition) is 1. The molecular formula is C25H27N5O2. The molecule has 0 saturated carbocycles. The number of likely N-dealkylation sites (tertiary alicyclic amines) is 1. The Labute approximate surface area is 187 Å². The molecule has 0 atom stereocenters. The zero-order valence-electron chi connectivity index (χ0n) is 18.3. The highest BCUT2D eigenvalue weighted by molar-refractivity contribution is 5.74. The topological polar surface area (TPSA) is 68.2 Å². The lowest BCUT2D eigenvalue weighted by atomic mass is 9.95. The Morgan fingerprint density at radius 3 is 2.69 bits per heavy atom. The van der Waals surface area contributed by atoms with Crippen LogP contribution < -0.4 is 9.47 Å². The van der Waals surface area contributed by atoms with Crippen molar-refractivity contribution in [1.29, 1.82) is 0 Å². The quantitative estimate of drug-likeness (QED) is 0.529. The fourth-order valence-corrected chi connectivity index (χ4v) is 4.86. The molecule has 0 unspecified atom stereocenters. The van der Waals surface area contributed by atoms with Gasteiger partial charge in [-0.05, 0) is 56.3 Å². The van der Waals surface area contributed by atoms with E-state index in [-0.39, 0.29) is 0 Å². The van der Waals surface area contributed by atoms with Gasteiger partial charge in [-0.15, -0.1) is 0 Å². The molecule has 0 spiro atoms. The van der Waals surface area contributed by atoms with Gasteiger partial charge in [-0.3, -0.25) is 9.58 Å². The van der Waals surface area contributed by atoms with Crippen molar-refractivity contribution in [1.82, 2.24) is 24.6 Å². The summed E-state index contributed by atoms with van der Waals surface area (Å²) in [5.41, 5.74) is 5.52. The van der Waals surface area contributed by atoms with Crippen molar-refractivity contribution in [3.05, 3.63) is 60.0 Å². The third-order valence-electron chi connectivity index (χ3n) is 6.50. The number of para-hydroxylation sites is 2. The normalized spacial score (nSPS) is 17.2. The van der Waals surface area contributed by atoms with Gasteiger partial charge in [0, 0.05) is 36.8 Å². The van der Waals surface area contributed by atoms with Crippen molar-refractivity contribution in [3.63, 3.8) is 0 Å². The molecule has 1 fully saturated rings. The number of fused-ring (bicyclic) bond motifs is 2. The molecule has 2 aliphatic heterocycles. The molecule has 0 aliphatic carbocycles. The minimum atomic E-state index is 0.491. The van der Waals surface area contributed by atoms with Crippen LogP contribution in [0, 0.1) is 0 Å². The summed E-state index contributed by atoms with van der Waals surface area (Å²) in [7, 11) is 1.98. The van der Waals surface area contributed by atoms with Gasteiger partial charge >= 0.3 is 0 Å². The highest BCUT2D eigenvalue weighted by Gasteiger charge is 2.25. The number of nitrogens with one attached hydrogen (secondary N) is 1. The van der Waals surface area contributed by atoms with Crippen LogP contribution in [0.3, 0.4) is 0 Å². The maximum absolute atomic E-state index is 5.78. The Kier molecular flexibility index (Phi) is 4.83. The predicted octanol–water partition coefficient (Wildman–Crippen LogP) is 4.11. The summed E-state index contributed by atoms with van der Waals surface area (Å²) in [5.74, 6) is 3.23. The van der Waals surface area contributed by atoms with Crippen LogP contribution in [0.25, 0.3) is 22.3 Å². The number of H-pyrrole nitrogens is 1. The highest BCUT2D eigenvalue weighted by Crippen LogP contribution is 2.36. The molecule has 2 aromatic carbocycles. The van der Waals surface area contributed by atoms with E-state index in [1.807, 2.05) is 29.9 Å². The molecule has 0 amide bonds. The number of ether oxygens (including phenoxy) is 2. The first-order chi connectivity index (χ1) is 15.7. The van der Waals surface area contributed by atoms with Crippen molar-refractivity contribution in [3.8, 4) is 22.8 Å². The van der Waals surface area contributed by atoms with Gasteiger partial charge in [-0.25, -0.2) is 4.98 Å². The van der Waals surface area contributed by atoms with Crippen LogP contribution in [0.5, 0.6) is 11.5 Å². The Bertz CT molecular complexity index is 1220. The number of aromatic nitrogens is 4. The van der Waals surface area contributed by atoms with E-state index < -0.39 is 0 Å². The molecule has 7 heteroatoms. The largest absolute Gasteiger partial charge is 0.486 e. The average molecular weight is 430 g/mol. The van der Waals surface area contributed by atoms with Crippen molar-refractivity contribution in [2.24, 2.45) is 7.05 Å². The summed E-state index contributed by atoms with van der Waals surface area (Å²) in [6.45, 7) is 4.19.